The summed E-state index contributed by atoms with van der Waals surface area (Å²) in [5, 5.41) is 9.16. The number of nitrogens with two attached hydrogens (primary N) is 1. The lowest BCUT2D eigenvalue weighted by atomic mass is 10.0. The van der Waals surface area contributed by atoms with Gasteiger partial charge < -0.3 is 15.8 Å². The fraction of sp³-hybridized carbons (Fsp3) is 0.208. The zero-order valence-corrected chi connectivity index (χ0v) is 17.7. The van der Waals surface area contributed by atoms with Crippen molar-refractivity contribution in [2.24, 2.45) is 10.8 Å². The molecular weight excluding hydrogens is 409 g/mol. The van der Waals surface area contributed by atoms with Gasteiger partial charge in [0.05, 0.1) is 0 Å². The SMILES string of the molecule is Cc1ccc(OCCF)cc1-c1ccnc(N2N=C(C(N)=O)NC2Cc2ccccc2)c1. The van der Waals surface area contributed by atoms with Crippen molar-refractivity contribution in [2.45, 2.75) is 19.5 Å². The Morgan fingerprint density at radius 2 is 2.00 bits per heavy atom. The van der Waals surface area contributed by atoms with Crippen LogP contribution in [0.15, 0.2) is 72.0 Å². The Morgan fingerprint density at radius 3 is 2.75 bits per heavy atom. The van der Waals surface area contributed by atoms with Crippen LogP contribution in [0.1, 0.15) is 11.1 Å². The summed E-state index contributed by atoms with van der Waals surface area (Å²) in [5.74, 6) is 0.633. The van der Waals surface area contributed by atoms with Gasteiger partial charge in [-0.2, -0.15) is 0 Å². The number of hydrogen-bond donors (Lipinski definition) is 2. The van der Waals surface area contributed by atoms with E-state index in [9.17, 15) is 9.18 Å². The zero-order chi connectivity index (χ0) is 22.5. The zero-order valence-electron chi connectivity index (χ0n) is 17.7. The van der Waals surface area contributed by atoms with Gasteiger partial charge in [0.25, 0.3) is 5.91 Å². The average Bonchev–Trinajstić information content (AvgIpc) is 3.23. The number of amides is 1. The van der Waals surface area contributed by atoms with Gasteiger partial charge in [0.1, 0.15) is 25.2 Å². The highest BCUT2D eigenvalue weighted by Gasteiger charge is 2.30. The van der Waals surface area contributed by atoms with Crippen LogP contribution in [0, 0.1) is 6.92 Å². The molecule has 3 aromatic rings. The molecule has 1 aromatic heterocycles. The molecule has 1 atom stereocenters. The number of alkyl halides is 1. The summed E-state index contributed by atoms with van der Waals surface area (Å²) < 4.78 is 17.9. The van der Waals surface area contributed by atoms with Crippen LogP contribution in [0.5, 0.6) is 5.75 Å². The Morgan fingerprint density at radius 1 is 1.19 bits per heavy atom. The fourth-order valence-electron chi connectivity index (χ4n) is 3.60. The van der Waals surface area contributed by atoms with Crippen LogP contribution in [0.3, 0.4) is 0 Å². The molecule has 2 aromatic carbocycles. The van der Waals surface area contributed by atoms with Crippen LogP contribution in [0.2, 0.25) is 0 Å². The van der Waals surface area contributed by atoms with Crippen molar-refractivity contribution < 1.29 is 13.9 Å². The first-order valence-electron chi connectivity index (χ1n) is 10.3. The number of benzene rings is 2. The second-order valence-corrected chi connectivity index (χ2v) is 7.42. The highest BCUT2D eigenvalue weighted by Crippen LogP contribution is 2.31. The Labute approximate surface area is 185 Å². The number of hydrazone groups is 1. The van der Waals surface area contributed by atoms with E-state index >= 15 is 0 Å². The highest BCUT2D eigenvalue weighted by molar-refractivity contribution is 6.38. The van der Waals surface area contributed by atoms with Gasteiger partial charge in [0.2, 0.25) is 5.84 Å². The Hall–Kier alpha value is -3.94. The fourth-order valence-corrected chi connectivity index (χ4v) is 3.60. The number of primary amides is 1. The molecule has 1 amide bonds. The summed E-state index contributed by atoms with van der Waals surface area (Å²) in [6.45, 7) is 1.45. The third kappa shape index (κ3) is 4.69. The number of aryl methyl sites for hydroxylation is 1. The van der Waals surface area contributed by atoms with Crippen molar-refractivity contribution in [3.8, 4) is 16.9 Å². The van der Waals surface area contributed by atoms with Crippen LogP contribution >= 0.6 is 0 Å². The molecule has 1 aliphatic rings. The van der Waals surface area contributed by atoms with E-state index in [1.54, 1.807) is 11.2 Å². The molecule has 164 valence electrons. The summed E-state index contributed by atoms with van der Waals surface area (Å²) in [6.07, 6.45) is 1.97. The number of amidine groups is 1. The second kappa shape index (κ2) is 9.47. The largest absolute Gasteiger partial charge is 0.491 e. The second-order valence-electron chi connectivity index (χ2n) is 7.42. The number of ether oxygens (including phenoxy) is 1. The monoisotopic (exact) mass is 433 g/mol. The number of hydrogen-bond acceptors (Lipinski definition) is 6. The summed E-state index contributed by atoms with van der Waals surface area (Å²) in [7, 11) is 0. The minimum atomic E-state index is -0.629. The molecule has 32 heavy (non-hydrogen) atoms. The normalized spacial score (nSPS) is 15.2. The maximum atomic E-state index is 12.5. The van der Waals surface area contributed by atoms with Crippen molar-refractivity contribution in [3.05, 3.63) is 78.0 Å². The topological polar surface area (TPSA) is 92.8 Å². The molecule has 1 aliphatic heterocycles. The van der Waals surface area contributed by atoms with E-state index in [2.05, 4.69) is 15.4 Å². The minimum absolute atomic E-state index is 0.00924. The summed E-state index contributed by atoms with van der Waals surface area (Å²) in [4.78, 5) is 16.3. The Balaban J connectivity index is 1.67. The lowest BCUT2D eigenvalue weighted by molar-refractivity contribution is -0.112. The molecule has 4 rings (SSSR count). The van der Waals surface area contributed by atoms with Crippen molar-refractivity contribution >= 4 is 17.6 Å². The third-order valence-electron chi connectivity index (χ3n) is 5.16. The van der Waals surface area contributed by atoms with Crippen LogP contribution in [-0.4, -0.2) is 36.2 Å². The summed E-state index contributed by atoms with van der Waals surface area (Å²) in [6, 6.07) is 19.3. The van der Waals surface area contributed by atoms with Gasteiger partial charge in [-0.15, -0.1) is 5.10 Å². The van der Waals surface area contributed by atoms with Crippen molar-refractivity contribution in [3.63, 3.8) is 0 Å². The molecule has 0 fully saturated rings. The van der Waals surface area contributed by atoms with E-state index in [0.29, 0.717) is 18.0 Å². The number of carbonyl (C=O) groups excluding carboxylic acids is 1. The summed E-state index contributed by atoms with van der Waals surface area (Å²) in [5.41, 5.74) is 9.44. The number of aromatic nitrogens is 1. The van der Waals surface area contributed by atoms with Gasteiger partial charge in [-0.25, -0.2) is 14.4 Å². The van der Waals surface area contributed by atoms with Crippen molar-refractivity contribution in [1.29, 1.82) is 0 Å². The Bertz CT molecular complexity index is 1140. The first-order chi connectivity index (χ1) is 15.5. The molecule has 0 bridgehead atoms. The highest BCUT2D eigenvalue weighted by atomic mass is 19.1. The molecule has 2 heterocycles. The van der Waals surface area contributed by atoms with Crippen molar-refractivity contribution in [1.82, 2.24) is 10.3 Å². The van der Waals surface area contributed by atoms with Gasteiger partial charge in [-0.1, -0.05) is 36.4 Å². The number of halogens is 1. The number of nitrogens with one attached hydrogen (secondary N) is 1. The summed E-state index contributed by atoms with van der Waals surface area (Å²) >= 11 is 0. The lowest BCUT2D eigenvalue weighted by Gasteiger charge is -2.23. The standard InChI is InChI=1S/C24H24FN5O2/c1-16-7-8-19(32-12-10-25)15-20(16)18-9-11-27-21(14-18)30-22(28-24(29-30)23(26)31)13-17-5-3-2-4-6-17/h2-9,11,14-15,22H,10,12-13H2,1H3,(H2,26,31)(H,28,29). The van der Waals surface area contributed by atoms with Crippen LogP contribution < -0.4 is 20.8 Å². The van der Waals surface area contributed by atoms with E-state index in [1.165, 1.54) is 0 Å². The van der Waals surface area contributed by atoms with Crippen LogP contribution in [0.25, 0.3) is 11.1 Å². The number of anilines is 1. The quantitative estimate of drug-likeness (QED) is 0.569. The molecule has 3 N–H and O–H groups in total. The number of pyridine rings is 1. The maximum absolute atomic E-state index is 12.5. The molecule has 0 spiro atoms. The minimum Gasteiger partial charge on any atom is -0.491 e. The van der Waals surface area contributed by atoms with Crippen LogP contribution in [-0.2, 0) is 11.2 Å². The Kier molecular flexibility index (Phi) is 6.30. The van der Waals surface area contributed by atoms with E-state index < -0.39 is 12.6 Å². The number of rotatable bonds is 8. The molecule has 8 heteroatoms. The van der Waals surface area contributed by atoms with E-state index in [0.717, 1.165) is 22.3 Å². The van der Waals surface area contributed by atoms with E-state index in [4.69, 9.17) is 10.5 Å². The van der Waals surface area contributed by atoms with E-state index in [1.807, 2.05) is 67.6 Å². The molecule has 0 radical (unpaired) electrons. The van der Waals surface area contributed by atoms with E-state index in [-0.39, 0.29) is 18.6 Å². The lowest BCUT2D eigenvalue weighted by Crippen LogP contribution is -2.43. The van der Waals surface area contributed by atoms with Gasteiger partial charge in [-0.05, 0) is 53.4 Å². The predicted octanol–water partition coefficient (Wildman–Crippen LogP) is 3.18. The number of nitrogens with zero attached hydrogens (tertiary/aromatic N) is 3. The first kappa shape index (κ1) is 21.3. The maximum Gasteiger partial charge on any atom is 0.286 e. The molecule has 0 aliphatic carbocycles. The van der Waals surface area contributed by atoms with Gasteiger partial charge in [0, 0.05) is 12.6 Å². The molecule has 1 unspecified atom stereocenters. The predicted molar refractivity (Wildman–Crippen MR) is 122 cm³/mol. The molecule has 0 saturated carbocycles. The van der Waals surface area contributed by atoms with Gasteiger partial charge in [-0.3, -0.25) is 4.79 Å². The molecule has 0 saturated heterocycles. The molecule has 7 nitrogen and oxygen atoms in total. The van der Waals surface area contributed by atoms with Gasteiger partial charge in [0.15, 0.2) is 5.82 Å². The number of carbonyl (C=O) groups is 1. The van der Waals surface area contributed by atoms with Crippen LogP contribution in [0.4, 0.5) is 10.2 Å². The van der Waals surface area contributed by atoms with Gasteiger partial charge >= 0.3 is 0 Å². The molecular formula is C24H24FN5O2. The first-order valence-corrected chi connectivity index (χ1v) is 10.3. The average molecular weight is 433 g/mol. The third-order valence-corrected chi connectivity index (χ3v) is 5.16. The smallest absolute Gasteiger partial charge is 0.286 e. The van der Waals surface area contributed by atoms with Crippen molar-refractivity contribution in [2.75, 3.05) is 18.3 Å².